The minimum absolute atomic E-state index is 0.405. The summed E-state index contributed by atoms with van der Waals surface area (Å²) in [5.74, 6) is 0.0837. The molecular formula is C10H10BrNO3. The number of hydrogen-bond donors (Lipinski definition) is 0. The van der Waals surface area contributed by atoms with Crippen molar-refractivity contribution in [1.82, 2.24) is 4.98 Å². The van der Waals surface area contributed by atoms with Crippen molar-refractivity contribution in [2.75, 3.05) is 14.2 Å². The molecule has 0 amide bonds. The van der Waals surface area contributed by atoms with Crippen LogP contribution in [0.5, 0.6) is 5.88 Å². The molecule has 0 spiro atoms. The van der Waals surface area contributed by atoms with E-state index in [9.17, 15) is 4.79 Å². The van der Waals surface area contributed by atoms with Crippen molar-refractivity contribution < 1.29 is 14.3 Å². The minimum atomic E-state index is -0.405. The van der Waals surface area contributed by atoms with E-state index in [-0.39, 0.29) is 0 Å². The summed E-state index contributed by atoms with van der Waals surface area (Å²) in [6, 6.07) is 1.71. The first-order chi connectivity index (χ1) is 7.17. The van der Waals surface area contributed by atoms with Gasteiger partial charge in [0.15, 0.2) is 0 Å². The summed E-state index contributed by atoms with van der Waals surface area (Å²) < 4.78 is 10.2. The largest absolute Gasteiger partial charge is 0.481 e. The maximum absolute atomic E-state index is 10.9. The van der Waals surface area contributed by atoms with Crippen LogP contribution < -0.4 is 4.74 Å². The molecule has 0 N–H and O–H groups in total. The highest BCUT2D eigenvalue weighted by molar-refractivity contribution is 9.10. The van der Waals surface area contributed by atoms with Crippen molar-refractivity contribution in [3.05, 3.63) is 28.4 Å². The van der Waals surface area contributed by atoms with Crippen LogP contribution in [0.15, 0.2) is 22.8 Å². The van der Waals surface area contributed by atoms with E-state index in [4.69, 9.17) is 4.74 Å². The summed E-state index contributed by atoms with van der Waals surface area (Å²) in [4.78, 5) is 14.9. The van der Waals surface area contributed by atoms with Crippen LogP contribution in [0.2, 0.25) is 0 Å². The molecule has 1 heterocycles. The smallest absolute Gasteiger partial charge is 0.330 e. The van der Waals surface area contributed by atoms with Gasteiger partial charge in [0.25, 0.3) is 0 Å². The predicted octanol–water partition coefficient (Wildman–Crippen LogP) is 2.04. The first kappa shape index (κ1) is 11.7. The zero-order chi connectivity index (χ0) is 11.3. The quantitative estimate of drug-likeness (QED) is 0.624. The molecule has 0 atom stereocenters. The average Bonchev–Trinajstić information content (AvgIpc) is 2.27. The Hall–Kier alpha value is -1.36. The van der Waals surface area contributed by atoms with Crippen LogP contribution in [0.25, 0.3) is 6.08 Å². The molecule has 0 unspecified atom stereocenters. The first-order valence-electron chi connectivity index (χ1n) is 4.13. The number of ether oxygens (including phenoxy) is 2. The number of halogens is 1. The van der Waals surface area contributed by atoms with E-state index in [0.29, 0.717) is 5.88 Å². The molecule has 0 saturated heterocycles. The van der Waals surface area contributed by atoms with Crippen LogP contribution in [0.3, 0.4) is 0 Å². The van der Waals surface area contributed by atoms with Gasteiger partial charge < -0.3 is 9.47 Å². The van der Waals surface area contributed by atoms with E-state index < -0.39 is 5.97 Å². The molecule has 4 nitrogen and oxygen atoms in total. The van der Waals surface area contributed by atoms with Crippen molar-refractivity contribution >= 4 is 28.0 Å². The molecule has 0 aliphatic carbocycles. The highest BCUT2D eigenvalue weighted by atomic mass is 79.9. The Morgan fingerprint density at radius 1 is 1.53 bits per heavy atom. The Morgan fingerprint density at radius 3 is 2.87 bits per heavy atom. The molecule has 1 aromatic rings. The molecule has 0 aromatic carbocycles. The maximum Gasteiger partial charge on any atom is 0.330 e. The van der Waals surface area contributed by atoms with Crippen LogP contribution >= 0.6 is 15.9 Å². The van der Waals surface area contributed by atoms with Crippen LogP contribution in [0.4, 0.5) is 0 Å². The lowest BCUT2D eigenvalue weighted by Gasteiger charge is -2.01. The number of hydrogen-bond acceptors (Lipinski definition) is 4. The van der Waals surface area contributed by atoms with Crippen molar-refractivity contribution in [3.8, 4) is 5.88 Å². The Balaban J connectivity index is 2.93. The van der Waals surface area contributed by atoms with E-state index >= 15 is 0 Å². The zero-order valence-electron chi connectivity index (χ0n) is 8.36. The van der Waals surface area contributed by atoms with Gasteiger partial charge in [-0.2, -0.15) is 0 Å². The molecule has 0 radical (unpaired) electrons. The third-order valence-corrected chi connectivity index (χ3v) is 2.33. The Labute approximate surface area is 96.0 Å². The lowest BCUT2D eigenvalue weighted by Crippen LogP contribution is -1.94. The van der Waals surface area contributed by atoms with E-state index in [1.165, 1.54) is 20.3 Å². The van der Waals surface area contributed by atoms with E-state index in [1.807, 2.05) is 0 Å². The minimum Gasteiger partial charge on any atom is -0.481 e. The number of esters is 1. The summed E-state index contributed by atoms with van der Waals surface area (Å²) in [6.07, 6.45) is 4.56. The predicted molar refractivity (Wildman–Crippen MR) is 59.5 cm³/mol. The van der Waals surface area contributed by atoms with Gasteiger partial charge >= 0.3 is 5.97 Å². The van der Waals surface area contributed by atoms with Gasteiger partial charge in [-0.15, -0.1) is 0 Å². The topological polar surface area (TPSA) is 48.4 Å². The second-order valence-electron chi connectivity index (χ2n) is 2.60. The van der Waals surface area contributed by atoms with Gasteiger partial charge in [-0.3, -0.25) is 0 Å². The number of carbonyl (C=O) groups excluding carboxylic acids is 1. The van der Waals surface area contributed by atoms with Gasteiger partial charge in [-0.1, -0.05) is 0 Å². The van der Waals surface area contributed by atoms with Crippen LogP contribution in [0, 0.1) is 0 Å². The standard InChI is InChI=1S/C10H10BrNO3/c1-14-9-5-7(8(11)6-12-9)3-4-10(13)15-2/h3-6H,1-2H3. The fourth-order valence-corrected chi connectivity index (χ4v) is 1.25. The fraction of sp³-hybridized carbons (Fsp3) is 0.200. The summed E-state index contributed by atoms with van der Waals surface area (Å²) in [6.45, 7) is 0. The lowest BCUT2D eigenvalue weighted by atomic mass is 10.2. The molecule has 1 aromatic heterocycles. The maximum atomic E-state index is 10.9. The van der Waals surface area contributed by atoms with Gasteiger partial charge in [0, 0.05) is 22.8 Å². The highest BCUT2D eigenvalue weighted by Crippen LogP contribution is 2.20. The van der Waals surface area contributed by atoms with E-state index in [2.05, 4.69) is 25.7 Å². The van der Waals surface area contributed by atoms with Gasteiger partial charge in [0.2, 0.25) is 5.88 Å². The number of rotatable bonds is 3. The Bertz CT molecular complexity index is 390. The molecular weight excluding hydrogens is 262 g/mol. The molecule has 1 rings (SSSR count). The molecule has 80 valence electrons. The highest BCUT2D eigenvalue weighted by Gasteiger charge is 2.01. The fourth-order valence-electron chi connectivity index (χ4n) is 0.899. The Kier molecular flexibility index (Phi) is 4.30. The Morgan fingerprint density at radius 2 is 2.27 bits per heavy atom. The van der Waals surface area contributed by atoms with Gasteiger partial charge in [0.1, 0.15) is 0 Å². The summed E-state index contributed by atoms with van der Waals surface area (Å²) >= 11 is 3.31. The monoisotopic (exact) mass is 271 g/mol. The lowest BCUT2D eigenvalue weighted by molar-refractivity contribution is -0.134. The summed E-state index contributed by atoms with van der Waals surface area (Å²) in [7, 11) is 2.86. The number of methoxy groups -OCH3 is 2. The van der Waals surface area contributed by atoms with Crippen molar-refractivity contribution in [2.45, 2.75) is 0 Å². The summed E-state index contributed by atoms with van der Waals surface area (Å²) in [5, 5.41) is 0. The zero-order valence-corrected chi connectivity index (χ0v) is 9.95. The molecule has 0 saturated carbocycles. The van der Waals surface area contributed by atoms with Gasteiger partial charge in [0.05, 0.1) is 14.2 Å². The number of pyridine rings is 1. The third kappa shape index (κ3) is 3.36. The first-order valence-corrected chi connectivity index (χ1v) is 4.92. The van der Waals surface area contributed by atoms with Crippen molar-refractivity contribution in [3.63, 3.8) is 0 Å². The molecule has 5 heteroatoms. The van der Waals surface area contributed by atoms with Crippen molar-refractivity contribution in [1.29, 1.82) is 0 Å². The van der Waals surface area contributed by atoms with Gasteiger partial charge in [-0.25, -0.2) is 9.78 Å². The molecule has 0 bridgehead atoms. The van der Waals surface area contributed by atoms with Crippen molar-refractivity contribution in [2.24, 2.45) is 0 Å². The number of nitrogens with zero attached hydrogens (tertiary/aromatic N) is 1. The molecule has 0 aliphatic rings. The second kappa shape index (κ2) is 5.50. The molecule has 0 fully saturated rings. The molecule has 15 heavy (non-hydrogen) atoms. The SMILES string of the molecule is COC(=O)C=Cc1cc(OC)ncc1Br. The second-order valence-corrected chi connectivity index (χ2v) is 3.46. The van der Waals surface area contributed by atoms with Crippen LogP contribution in [-0.4, -0.2) is 25.2 Å². The van der Waals surface area contributed by atoms with Crippen LogP contribution in [-0.2, 0) is 9.53 Å². The number of aromatic nitrogens is 1. The van der Waals surface area contributed by atoms with E-state index in [1.54, 1.807) is 18.3 Å². The third-order valence-electron chi connectivity index (χ3n) is 1.67. The normalized spacial score (nSPS) is 10.3. The number of carbonyl (C=O) groups is 1. The van der Waals surface area contributed by atoms with Gasteiger partial charge in [-0.05, 0) is 27.6 Å². The molecule has 0 aliphatic heterocycles. The summed E-state index contributed by atoms with van der Waals surface area (Å²) in [5.41, 5.74) is 0.798. The van der Waals surface area contributed by atoms with Crippen LogP contribution in [0.1, 0.15) is 5.56 Å². The van der Waals surface area contributed by atoms with E-state index in [0.717, 1.165) is 10.0 Å². The average molecular weight is 272 g/mol.